The first-order chi connectivity index (χ1) is 17.9. The third-order valence-electron chi connectivity index (χ3n) is 6.04. The van der Waals surface area contributed by atoms with Crippen molar-refractivity contribution in [1.82, 2.24) is 4.57 Å². The number of amides is 1. The molecule has 0 saturated heterocycles. The smallest absolute Gasteiger partial charge is 0.252 e. The Labute approximate surface area is 228 Å². The predicted molar refractivity (Wildman–Crippen MR) is 151 cm³/mol. The molecule has 1 amide bonds. The minimum Gasteiger partial charge on any atom is -0.495 e. The van der Waals surface area contributed by atoms with E-state index in [-0.39, 0.29) is 24.7 Å². The Bertz CT molecular complexity index is 1360. The largest absolute Gasteiger partial charge is 0.495 e. The molecule has 0 saturated carbocycles. The molecule has 7 nitrogen and oxygen atoms in total. The van der Waals surface area contributed by atoms with Gasteiger partial charge in [-0.15, -0.1) is 0 Å². The Morgan fingerprint density at radius 2 is 1.74 bits per heavy atom. The zero-order chi connectivity index (χ0) is 28.0. The Hall–Kier alpha value is -3.42. The van der Waals surface area contributed by atoms with Crippen LogP contribution in [0.3, 0.4) is 0 Å². The number of aryl methyl sites for hydroxylation is 1. The molecule has 1 N–H and O–H groups in total. The Kier molecular flexibility index (Phi) is 9.52. The third kappa shape index (κ3) is 7.33. The van der Waals surface area contributed by atoms with Crippen molar-refractivity contribution in [2.45, 2.75) is 59.1 Å². The summed E-state index contributed by atoms with van der Waals surface area (Å²) in [7, 11) is 1.48. The number of hydrogen-bond donors (Lipinski definition) is 1. The fraction of sp³-hybridized carbons (Fsp3) is 0.367. The third-order valence-corrected chi connectivity index (χ3v) is 6.28. The summed E-state index contributed by atoms with van der Waals surface area (Å²) in [6.07, 6.45) is 2.06. The number of aromatic nitrogens is 1. The second-order valence-corrected chi connectivity index (χ2v) is 10.5. The number of methoxy groups -OCH3 is 1. The van der Waals surface area contributed by atoms with Crippen LogP contribution in [0.25, 0.3) is 11.1 Å². The lowest BCUT2D eigenvalue weighted by Gasteiger charge is -2.24. The molecule has 1 aromatic heterocycles. The number of pyridine rings is 1. The number of nitrogens with zero attached hydrogens (tertiary/aromatic N) is 1. The molecule has 0 aliphatic carbocycles. The summed E-state index contributed by atoms with van der Waals surface area (Å²) in [4.78, 5) is 39.6. The molecule has 3 rings (SSSR count). The average Bonchev–Trinajstić information content (AvgIpc) is 2.87. The lowest BCUT2D eigenvalue weighted by atomic mass is 9.96. The van der Waals surface area contributed by atoms with Crippen molar-refractivity contribution in [3.8, 4) is 16.9 Å². The van der Waals surface area contributed by atoms with Crippen LogP contribution < -0.4 is 15.6 Å². The quantitative estimate of drug-likeness (QED) is 0.299. The van der Waals surface area contributed by atoms with Crippen molar-refractivity contribution < 1.29 is 19.1 Å². The zero-order valence-corrected chi connectivity index (χ0v) is 23.5. The lowest BCUT2D eigenvalue weighted by Crippen LogP contribution is -2.34. The van der Waals surface area contributed by atoms with Gasteiger partial charge in [-0.05, 0) is 63.6 Å². The van der Waals surface area contributed by atoms with E-state index >= 15 is 0 Å². The van der Waals surface area contributed by atoms with Gasteiger partial charge in [0, 0.05) is 47.4 Å². The highest BCUT2D eigenvalue weighted by atomic mass is 35.5. The Balaban J connectivity index is 2.07. The van der Waals surface area contributed by atoms with Crippen molar-refractivity contribution in [1.29, 1.82) is 0 Å². The Morgan fingerprint density at radius 3 is 2.34 bits per heavy atom. The highest BCUT2D eigenvalue weighted by Crippen LogP contribution is 2.34. The van der Waals surface area contributed by atoms with Crippen LogP contribution in [-0.2, 0) is 9.53 Å². The number of carbonyl (C=O) groups is 2. The van der Waals surface area contributed by atoms with Crippen molar-refractivity contribution in [2.24, 2.45) is 0 Å². The van der Waals surface area contributed by atoms with E-state index in [2.05, 4.69) is 5.32 Å². The van der Waals surface area contributed by atoms with Crippen LogP contribution in [0.4, 0.5) is 5.69 Å². The molecule has 8 heteroatoms. The number of anilines is 1. The van der Waals surface area contributed by atoms with Gasteiger partial charge in [-0.2, -0.15) is 0 Å². The first kappa shape index (κ1) is 29.1. The van der Waals surface area contributed by atoms with Gasteiger partial charge >= 0.3 is 0 Å². The first-order valence-corrected chi connectivity index (χ1v) is 13.0. The van der Waals surface area contributed by atoms with E-state index < -0.39 is 17.2 Å². The predicted octanol–water partition coefficient (Wildman–Crippen LogP) is 6.46. The van der Waals surface area contributed by atoms with E-state index in [1.807, 2.05) is 52.0 Å². The number of nitrogens with one attached hydrogen (secondary N) is 1. The number of rotatable bonds is 10. The number of halogens is 1. The fourth-order valence-electron chi connectivity index (χ4n) is 4.05. The molecule has 0 aliphatic rings. The van der Waals surface area contributed by atoms with Crippen molar-refractivity contribution >= 4 is 29.0 Å². The number of Topliss-reactive ketones (excluding diaryl/α,β-unsaturated/α-hetero) is 1. The van der Waals surface area contributed by atoms with Crippen LogP contribution in [0, 0.1) is 6.92 Å². The average molecular weight is 539 g/mol. The molecule has 202 valence electrons. The molecule has 2 aromatic carbocycles. The number of hydrogen-bond acceptors (Lipinski definition) is 5. The van der Waals surface area contributed by atoms with E-state index in [1.54, 1.807) is 25.1 Å². The van der Waals surface area contributed by atoms with E-state index in [9.17, 15) is 14.4 Å². The molecule has 0 bridgehead atoms. The van der Waals surface area contributed by atoms with Gasteiger partial charge < -0.3 is 14.8 Å². The van der Waals surface area contributed by atoms with Gasteiger partial charge in [0.25, 0.3) is 5.56 Å². The van der Waals surface area contributed by atoms with Gasteiger partial charge in [0.2, 0.25) is 5.91 Å². The van der Waals surface area contributed by atoms with Crippen LogP contribution in [0.1, 0.15) is 62.5 Å². The molecule has 0 radical (unpaired) electrons. The summed E-state index contributed by atoms with van der Waals surface area (Å²) in [6.45, 7) is 9.78. The molecule has 1 heterocycles. The summed E-state index contributed by atoms with van der Waals surface area (Å²) in [5.41, 5.74) is 2.24. The number of ether oxygens (including phenoxy) is 2. The minimum atomic E-state index is -0.870. The molecular formula is C30H35ClN2O5. The molecule has 3 aromatic rings. The lowest BCUT2D eigenvalue weighted by molar-refractivity contribution is -0.120. The first-order valence-electron chi connectivity index (χ1n) is 12.6. The summed E-state index contributed by atoms with van der Waals surface area (Å²) in [5.74, 6) is -0.104. The fourth-order valence-corrected chi connectivity index (χ4v) is 4.23. The highest BCUT2D eigenvalue weighted by Gasteiger charge is 2.25. The zero-order valence-electron chi connectivity index (χ0n) is 22.8. The maximum Gasteiger partial charge on any atom is 0.252 e. The SMILES string of the molecule is CCC(=O)c1ccc(Cl)cc1-c1cc(=O)n(C(CCOC(C)(C)C)C(=O)Nc2ccc(C)cc2)cc1OC. The van der Waals surface area contributed by atoms with Crippen LogP contribution in [-0.4, -0.2) is 35.6 Å². The molecule has 1 atom stereocenters. The maximum atomic E-state index is 13.5. The van der Waals surface area contributed by atoms with Gasteiger partial charge in [-0.1, -0.05) is 36.2 Å². The van der Waals surface area contributed by atoms with Crippen LogP contribution >= 0.6 is 11.6 Å². The summed E-state index contributed by atoms with van der Waals surface area (Å²) >= 11 is 6.25. The van der Waals surface area contributed by atoms with Gasteiger partial charge in [0.1, 0.15) is 11.8 Å². The maximum absolute atomic E-state index is 13.5. The van der Waals surface area contributed by atoms with Crippen molar-refractivity contribution in [3.63, 3.8) is 0 Å². The standard InChI is InChI=1S/C30H35ClN2O5/c1-7-26(34)22-13-10-20(31)16-23(22)24-17-28(35)33(18-27(24)37-6)25(14-15-38-30(3,4)5)29(36)32-21-11-8-19(2)9-12-21/h8-13,16-18,25H,7,14-15H2,1-6H3,(H,32,36). The van der Waals surface area contributed by atoms with Crippen molar-refractivity contribution in [2.75, 3.05) is 19.0 Å². The van der Waals surface area contributed by atoms with Gasteiger partial charge in [0.15, 0.2) is 5.78 Å². The normalized spacial score (nSPS) is 12.2. The molecule has 0 aliphatic heterocycles. The summed E-state index contributed by atoms with van der Waals surface area (Å²) in [5, 5.41) is 3.33. The molecular weight excluding hydrogens is 504 g/mol. The highest BCUT2D eigenvalue weighted by molar-refractivity contribution is 6.31. The van der Waals surface area contributed by atoms with E-state index in [4.69, 9.17) is 21.1 Å². The number of benzene rings is 2. The Morgan fingerprint density at radius 1 is 1.05 bits per heavy atom. The molecule has 0 spiro atoms. The summed E-state index contributed by atoms with van der Waals surface area (Å²) < 4.78 is 12.9. The van der Waals surface area contributed by atoms with Gasteiger partial charge in [-0.3, -0.25) is 19.0 Å². The number of ketones is 1. The molecule has 1 unspecified atom stereocenters. The number of carbonyl (C=O) groups excluding carboxylic acids is 2. The monoisotopic (exact) mass is 538 g/mol. The van der Waals surface area contributed by atoms with Crippen LogP contribution in [0.2, 0.25) is 5.02 Å². The summed E-state index contributed by atoms with van der Waals surface area (Å²) in [6, 6.07) is 12.9. The molecule has 38 heavy (non-hydrogen) atoms. The second kappa shape index (κ2) is 12.4. The molecule has 0 fully saturated rings. The van der Waals surface area contributed by atoms with E-state index in [1.165, 1.54) is 23.9 Å². The van der Waals surface area contributed by atoms with Crippen molar-refractivity contribution in [3.05, 3.63) is 81.2 Å². The van der Waals surface area contributed by atoms with Crippen LogP contribution in [0.5, 0.6) is 5.75 Å². The van der Waals surface area contributed by atoms with Gasteiger partial charge in [-0.25, -0.2) is 0 Å². The van der Waals surface area contributed by atoms with E-state index in [0.717, 1.165) is 5.56 Å². The second-order valence-electron chi connectivity index (χ2n) is 10.1. The topological polar surface area (TPSA) is 86.6 Å². The van der Waals surface area contributed by atoms with Crippen LogP contribution in [0.15, 0.2) is 59.5 Å². The minimum absolute atomic E-state index is 0.0856. The van der Waals surface area contributed by atoms with E-state index in [0.29, 0.717) is 39.6 Å². The van der Waals surface area contributed by atoms with Gasteiger partial charge in [0.05, 0.1) is 18.9 Å².